The van der Waals surface area contributed by atoms with Crippen molar-refractivity contribution in [3.63, 3.8) is 0 Å². The number of pyridine rings is 1. The van der Waals surface area contributed by atoms with Crippen molar-refractivity contribution in [3.8, 4) is 11.3 Å². The number of ether oxygens (including phenoxy) is 3. The van der Waals surface area contributed by atoms with Crippen LogP contribution in [0.25, 0.3) is 22.2 Å². The Balaban J connectivity index is 1.48. The molecule has 1 amide bonds. The van der Waals surface area contributed by atoms with Crippen LogP contribution in [-0.4, -0.2) is 105 Å². The molecule has 12 heteroatoms. The molecule has 292 valence electrons. The molecule has 2 aromatic heterocycles. The number of amides is 1. The number of carbonyl (C=O) groups is 2. The van der Waals surface area contributed by atoms with Gasteiger partial charge in [0.25, 0.3) is 6.47 Å². The summed E-state index contributed by atoms with van der Waals surface area (Å²) >= 11 is 0. The maximum absolute atomic E-state index is 11.3. The van der Waals surface area contributed by atoms with Crippen LogP contribution in [0.2, 0.25) is 0 Å². The highest BCUT2D eigenvalue weighted by Crippen LogP contribution is 2.43. The van der Waals surface area contributed by atoms with Crippen molar-refractivity contribution in [2.24, 2.45) is 10.8 Å². The van der Waals surface area contributed by atoms with Crippen molar-refractivity contribution < 1.29 is 28.9 Å². The highest BCUT2D eigenvalue weighted by Gasteiger charge is 2.50. The van der Waals surface area contributed by atoms with E-state index in [9.17, 15) is 14.7 Å². The summed E-state index contributed by atoms with van der Waals surface area (Å²) in [7, 11) is 1.72. The first-order chi connectivity index (χ1) is 25.6. The Morgan fingerprint density at radius 2 is 1.92 bits per heavy atom. The molecule has 0 radical (unpaired) electrons. The number of fused-ring (bicyclic) bond motifs is 1. The molecule has 1 aromatic carbocycles. The summed E-state index contributed by atoms with van der Waals surface area (Å²) in [5.41, 5.74) is 13.0. The van der Waals surface area contributed by atoms with Crippen LogP contribution in [0.3, 0.4) is 0 Å². The average Bonchev–Trinajstić information content (AvgIpc) is 3.41. The van der Waals surface area contributed by atoms with Gasteiger partial charge in [-0.05, 0) is 81.8 Å². The molecule has 12 nitrogen and oxygen atoms in total. The van der Waals surface area contributed by atoms with Crippen LogP contribution in [0.1, 0.15) is 82.7 Å². The van der Waals surface area contributed by atoms with Crippen LogP contribution in [0.4, 0.5) is 5.69 Å². The Bertz CT molecular complexity index is 1650. The largest absolute Gasteiger partial charge is 0.467 e. The number of aryl methyl sites for hydroxylation is 2. The van der Waals surface area contributed by atoms with Crippen LogP contribution >= 0.6 is 0 Å². The van der Waals surface area contributed by atoms with Crippen molar-refractivity contribution in [2.75, 3.05) is 71.2 Å². The summed E-state index contributed by atoms with van der Waals surface area (Å²) < 4.78 is 19.1. The second-order valence-electron chi connectivity index (χ2n) is 15.9. The number of aromatic nitrogens is 2. The van der Waals surface area contributed by atoms with Gasteiger partial charge in [-0.15, -0.1) is 0 Å². The van der Waals surface area contributed by atoms with Gasteiger partial charge in [-0.25, -0.2) is 5.43 Å². The van der Waals surface area contributed by atoms with Gasteiger partial charge in [0.15, 0.2) is 0 Å². The maximum atomic E-state index is 11.3. The van der Waals surface area contributed by atoms with Gasteiger partial charge in [0.05, 0.1) is 43.9 Å². The number of aliphatic hydroxyl groups is 1. The fourth-order valence-electron chi connectivity index (χ4n) is 8.25. The van der Waals surface area contributed by atoms with Crippen molar-refractivity contribution in [1.82, 2.24) is 25.3 Å². The Labute approximate surface area is 315 Å². The second-order valence-corrected chi connectivity index (χ2v) is 15.9. The topological polar surface area (TPSA) is 130 Å². The maximum Gasteiger partial charge on any atom is 0.293 e. The van der Waals surface area contributed by atoms with E-state index in [0.29, 0.717) is 43.9 Å². The number of methoxy groups -OCH3 is 1. The molecule has 53 heavy (non-hydrogen) atoms. The minimum Gasteiger partial charge on any atom is -0.467 e. The molecule has 4 heterocycles. The second kappa shape index (κ2) is 18.7. The number of hydrogen-bond acceptors (Lipinski definition) is 10. The summed E-state index contributed by atoms with van der Waals surface area (Å²) in [6.45, 7) is 18.3. The molecule has 2 unspecified atom stereocenters. The number of carbonyl (C=O) groups excluding carboxylic acids is 2. The number of anilines is 1. The summed E-state index contributed by atoms with van der Waals surface area (Å²) in [5.74, 6) is 0. The van der Waals surface area contributed by atoms with Crippen molar-refractivity contribution in [1.29, 1.82) is 0 Å². The van der Waals surface area contributed by atoms with Gasteiger partial charge in [-0.3, -0.25) is 24.9 Å². The fraction of sp³-hybridized carbons (Fsp3) is 0.634. The number of nitrogens with zero attached hydrogens (tertiary/aromatic N) is 4. The highest BCUT2D eigenvalue weighted by molar-refractivity contribution is 5.94. The number of rotatable bonds is 24. The number of hydrogen-bond donors (Lipinski definition) is 3. The predicted octanol–water partition coefficient (Wildman–Crippen LogP) is 5.18. The lowest BCUT2D eigenvalue weighted by atomic mass is 9.76. The SMILES string of the molecule is CCn1c(-c2cc(C)cnc2C(C)OC)c(CC(C)(C)COC=O)c2cc(N(CCO)CCC(CCCCCNNC=O)N3CC4(COC4)C3)ccc21. The van der Waals surface area contributed by atoms with E-state index in [-0.39, 0.29) is 18.1 Å². The Hall–Kier alpha value is -3.55. The number of nitrogens with one attached hydrogen (secondary N) is 2. The molecule has 2 aliphatic rings. The lowest BCUT2D eigenvalue weighted by Crippen LogP contribution is -2.68. The molecule has 0 aliphatic carbocycles. The van der Waals surface area contributed by atoms with Crippen molar-refractivity contribution in [2.45, 2.75) is 91.8 Å². The van der Waals surface area contributed by atoms with Crippen molar-refractivity contribution in [3.05, 3.63) is 47.3 Å². The molecule has 2 aliphatic heterocycles. The summed E-state index contributed by atoms with van der Waals surface area (Å²) in [5, 5.41) is 11.5. The quantitative estimate of drug-likeness (QED) is 0.0643. The zero-order valence-corrected chi connectivity index (χ0v) is 32.8. The summed E-state index contributed by atoms with van der Waals surface area (Å²) in [6.07, 6.45) is 8.38. The minimum atomic E-state index is -0.331. The number of hydrazine groups is 1. The number of unbranched alkanes of at least 4 members (excludes halogenated alkanes) is 2. The van der Waals surface area contributed by atoms with Crippen LogP contribution in [-0.2, 0) is 36.8 Å². The summed E-state index contributed by atoms with van der Waals surface area (Å²) in [4.78, 5) is 31.7. The monoisotopic (exact) mass is 734 g/mol. The fourth-order valence-corrected chi connectivity index (χ4v) is 8.25. The number of benzene rings is 1. The van der Waals surface area contributed by atoms with Crippen molar-refractivity contribution >= 4 is 29.5 Å². The molecule has 1 spiro atoms. The predicted molar refractivity (Wildman–Crippen MR) is 209 cm³/mol. The van der Waals surface area contributed by atoms with Gasteiger partial charge >= 0.3 is 0 Å². The van der Waals surface area contributed by atoms with E-state index in [2.05, 4.69) is 77.2 Å². The molecular formula is C41H62N6O6. The third kappa shape index (κ3) is 9.77. The van der Waals surface area contributed by atoms with E-state index in [0.717, 1.165) is 117 Å². The Morgan fingerprint density at radius 1 is 1.13 bits per heavy atom. The number of aliphatic hydroxyl groups excluding tert-OH is 1. The molecule has 2 fully saturated rings. The van der Waals surface area contributed by atoms with Gasteiger partial charge in [0, 0.05) is 91.6 Å². The molecule has 5 rings (SSSR count). The standard InChI is InChI=1S/C41H62N6O6/c1-7-47-37-13-12-33(45(17-18-48)16-14-32(11-9-8-10-15-43-44-28-49)46-23-41(24-46)26-52-27-41)20-34(37)36(21-40(4,5)25-53-29-50)39(47)35-19-30(2)22-42-38(35)31(3)51-6/h12-13,19-20,22,28-29,31-32,43,48H,7-11,14-18,21,23-27H2,1-6H3,(H,44,49). The highest BCUT2D eigenvalue weighted by atomic mass is 16.5. The normalized spacial score (nSPS) is 16.6. The van der Waals surface area contributed by atoms with Gasteiger partial charge in [-0.2, -0.15) is 0 Å². The zero-order valence-electron chi connectivity index (χ0n) is 32.8. The van der Waals surface area contributed by atoms with E-state index < -0.39 is 0 Å². The molecule has 2 saturated heterocycles. The van der Waals surface area contributed by atoms with E-state index in [1.54, 1.807) is 7.11 Å². The Kier molecular flexibility index (Phi) is 14.3. The molecule has 2 atom stereocenters. The third-order valence-electron chi connectivity index (χ3n) is 11.1. The lowest BCUT2D eigenvalue weighted by molar-refractivity contribution is -0.199. The van der Waals surface area contributed by atoms with Gasteiger partial charge in [-0.1, -0.05) is 26.7 Å². The summed E-state index contributed by atoms with van der Waals surface area (Å²) in [6, 6.07) is 9.39. The third-order valence-corrected chi connectivity index (χ3v) is 11.1. The van der Waals surface area contributed by atoms with Gasteiger partial charge in [0.1, 0.15) is 0 Å². The molecule has 0 saturated carbocycles. The molecular weight excluding hydrogens is 672 g/mol. The van der Waals surface area contributed by atoms with E-state index in [1.165, 1.54) is 5.56 Å². The average molecular weight is 735 g/mol. The number of likely N-dealkylation sites (tertiary alicyclic amines) is 1. The van der Waals surface area contributed by atoms with Crippen LogP contribution in [0.5, 0.6) is 0 Å². The smallest absolute Gasteiger partial charge is 0.293 e. The van der Waals surface area contributed by atoms with Gasteiger partial charge in [0.2, 0.25) is 6.41 Å². The first-order valence-electron chi connectivity index (χ1n) is 19.4. The van der Waals surface area contributed by atoms with E-state index in [4.69, 9.17) is 19.2 Å². The first-order valence-corrected chi connectivity index (χ1v) is 19.4. The van der Waals surface area contributed by atoms with E-state index >= 15 is 0 Å². The molecule has 3 aromatic rings. The first kappa shape index (κ1) is 40.6. The Morgan fingerprint density at radius 3 is 2.58 bits per heavy atom. The van der Waals surface area contributed by atoms with Crippen LogP contribution < -0.4 is 15.8 Å². The van der Waals surface area contributed by atoms with E-state index in [1.807, 2.05) is 13.1 Å². The molecule has 3 N–H and O–H groups in total. The van der Waals surface area contributed by atoms with Crippen LogP contribution in [0, 0.1) is 17.8 Å². The molecule has 0 bridgehead atoms. The zero-order chi connectivity index (χ0) is 38.0. The lowest BCUT2D eigenvalue weighted by Gasteiger charge is -2.57. The van der Waals surface area contributed by atoms with Gasteiger partial charge < -0.3 is 28.8 Å². The van der Waals surface area contributed by atoms with Crippen LogP contribution in [0.15, 0.2) is 30.5 Å². The minimum absolute atomic E-state index is 0.0616.